The smallest absolute Gasteiger partial charge is 0.261 e. The SMILES string of the molecule is CCNc1cccc2[nH]c(=O)c(-c3nc4ccccc4[nH]3)c(N)c12. The van der Waals surface area contributed by atoms with Crippen LogP contribution in [-0.4, -0.2) is 21.5 Å². The number of benzene rings is 2. The first kappa shape index (κ1) is 14.3. The molecule has 0 aliphatic rings. The number of nitrogens with one attached hydrogen (secondary N) is 3. The summed E-state index contributed by atoms with van der Waals surface area (Å²) in [4.78, 5) is 23.2. The molecule has 4 aromatic rings. The van der Waals surface area contributed by atoms with Gasteiger partial charge >= 0.3 is 0 Å². The van der Waals surface area contributed by atoms with Gasteiger partial charge in [-0.15, -0.1) is 0 Å². The van der Waals surface area contributed by atoms with E-state index in [1.807, 2.05) is 49.4 Å². The van der Waals surface area contributed by atoms with Crippen LogP contribution >= 0.6 is 0 Å². The van der Waals surface area contributed by atoms with Gasteiger partial charge in [0, 0.05) is 17.6 Å². The number of hydrogen-bond donors (Lipinski definition) is 4. The van der Waals surface area contributed by atoms with Gasteiger partial charge in [0.2, 0.25) is 0 Å². The van der Waals surface area contributed by atoms with E-state index in [0.29, 0.717) is 22.6 Å². The Balaban J connectivity index is 2.04. The fourth-order valence-corrected chi connectivity index (χ4v) is 3.02. The summed E-state index contributed by atoms with van der Waals surface area (Å²) in [5.41, 5.74) is 10.2. The van der Waals surface area contributed by atoms with E-state index in [9.17, 15) is 4.79 Å². The first-order valence-electron chi connectivity index (χ1n) is 7.82. The highest BCUT2D eigenvalue weighted by Gasteiger charge is 2.17. The molecule has 0 saturated heterocycles. The zero-order valence-electron chi connectivity index (χ0n) is 13.2. The molecule has 6 nitrogen and oxygen atoms in total. The maximum absolute atomic E-state index is 12.6. The lowest BCUT2D eigenvalue weighted by Gasteiger charge is -2.12. The highest BCUT2D eigenvalue weighted by molar-refractivity contribution is 6.05. The van der Waals surface area contributed by atoms with Crippen LogP contribution in [-0.2, 0) is 0 Å². The van der Waals surface area contributed by atoms with Gasteiger partial charge in [-0.25, -0.2) is 4.98 Å². The molecule has 0 radical (unpaired) electrons. The van der Waals surface area contributed by atoms with Crippen LogP contribution in [0.25, 0.3) is 33.3 Å². The van der Waals surface area contributed by atoms with E-state index < -0.39 is 0 Å². The first-order valence-corrected chi connectivity index (χ1v) is 7.82. The Kier molecular flexibility index (Phi) is 3.23. The molecule has 0 aliphatic carbocycles. The van der Waals surface area contributed by atoms with Gasteiger partial charge in [-0.3, -0.25) is 4.79 Å². The number of imidazole rings is 1. The third kappa shape index (κ3) is 2.11. The van der Waals surface area contributed by atoms with Crippen molar-refractivity contribution < 1.29 is 0 Å². The van der Waals surface area contributed by atoms with Crippen molar-refractivity contribution in [2.45, 2.75) is 6.92 Å². The molecule has 4 rings (SSSR count). The zero-order valence-corrected chi connectivity index (χ0v) is 13.2. The standard InChI is InChI=1S/C18H17N5O/c1-2-20-12-8-5-9-13-14(12)16(19)15(18(24)23-13)17-21-10-6-3-4-7-11(10)22-17/h3-9,20H,2H2,1H3,(H,21,22)(H3,19,23,24). The van der Waals surface area contributed by atoms with E-state index in [2.05, 4.69) is 20.3 Å². The summed E-state index contributed by atoms with van der Waals surface area (Å²) in [6, 6.07) is 13.3. The number of rotatable bonds is 3. The summed E-state index contributed by atoms with van der Waals surface area (Å²) >= 11 is 0. The number of fused-ring (bicyclic) bond motifs is 2. The largest absolute Gasteiger partial charge is 0.397 e. The molecule has 2 heterocycles. The second-order valence-corrected chi connectivity index (χ2v) is 5.60. The summed E-state index contributed by atoms with van der Waals surface area (Å²) in [6.07, 6.45) is 0. The molecule has 0 fully saturated rings. The first-order chi connectivity index (χ1) is 11.7. The van der Waals surface area contributed by atoms with Crippen molar-refractivity contribution >= 4 is 33.3 Å². The van der Waals surface area contributed by atoms with Crippen LogP contribution in [0.1, 0.15) is 6.92 Å². The second kappa shape index (κ2) is 5.42. The van der Waals surface area contributed by atoms with E-state index in [1.165, 1.54) is 0 Å². The van der Waals surface area contributed by atoms with Crippen LogP contribution < -0.4 is 16.6 Å². The number of aromatic nitrogens is 3. The number of pyridine rings is 1. The molecule has 24 heavy (non-hydrogen) atoms. The van der Waals surface area contributed by atoms with E-state index in [1.54, 1.807) is 0 Å². The van der Waals surface area contributed by atoms with Gasteiger partial charge in [-0.05, 0) is 31.2 Å². The van der Waals surface area contributed by atoms with Crippen LogP contribution in [0, 0.1) is 0 Å². The van der Waals surface area contributed by atoms with Crippen molar-refractivity contribution in [3.05, 3.63) is 52.8 Å². The highest BCUT2D eigenvalue weighted by atomic mass is 16.1. The van der Waals surface area contributed by atoms with Crippen LogP contribution in [0.2, 0.25) is 0 Å². The fraction of sp³-hybridized carbons (Fsp3) is 0.111. The number of aromatic amines is 2. The van der Waals surface area contributed by atoms with Crippen molar-refractivity contribution in [1.29, 1.82) is 0 Å². The van der Waals surface area contributed by atoms with Crippen LogP contribution in [0.5, 0.6) is 0 Å². The number of anilines is 2. The molecule has 0 bridgehead atoms. The highest BCUT2D eigenvalue weighted by Crippen LogP contribution is 2.32. The van der Waals surface area contributed by atoms with Crippen molar-refractivity contribution in [3.8, 4) is 11.4 Å². The zero-order chi connectivity index (χ0) is 16.7. The molecule has 0 spiro atoms. The van der Waals surface area contributed by atoms with Crippen molar-refractivity contribution in [2.24, 2.45) is 0 Å². The second-order valence-electron chi connectivity index (χ2n) is 5.60. The number of H-pyrrole nitrogens is 2. The van der Waals surface area contributed by atoms with Gasteiger partial charge in [0.25, 0.3) is 5.56 Å². The average molecular weight is 319 g/mol. The predicted octanol–water partition coefficient (Wildman–Crippen LogP) is 3.09. The predicted molar refractivity (Wildman–Crippen MR) is 98.2 cm³/mol. The number of nitrogens with zero attached hydrogens (tertiary/aromatic N) is 1. The Morgan fingerprint density at radius 3 is 2.67 bits per heavy atom. The van der Waals surface area contributed by atoms with Crippen LogP contribution in [0.4, 0.5) is 11.4 Å². The Morgan fingerprint density at radius 1 is 1.08 bits per heavy atom. The lowest BCUT2D eigenvalue weighted by atomic mass is 10.1. The minimum absolute atomic E-state index is 0.257. The molecule has 0 aliphatic heterocycles. The number of para-hydroxylation sites is 2. The molecule has 6 heteroatoms. The summed E-state index contributed by atoms with van der Waals surface area (Å²) < 4.78 is 0. The Hall–Kier alpha value is -3.28. The summed E-state index contributed by atoms with van der Waals surface area (Å²) in [5, 5.41) is 4.08. The van der Waals surface area contributed by atoms with Crippen molar-refractivity contribution in [1.82, 2.24) is 15.0 Å². The number of nitrogen functional groups attached to an aromatic ring is 1. The van der Waals surface area contributed by atoms with E-state index in [0.717, 1.165) is 28.7 Å². The van der Waals surface area contributed by atoms with Crippen LogP contribution in [0.15, 0.2) is 47.3 Å². The van der Waals surface area contributed by atoms with Gasteiger partial charge in [0.05, 0.1) is 22.2 Å². The average Bonchev–Trinajstić information content (AvgIpc) is 2.98. The van der Waals surface area contributed by atoms with E-state index in [-0.39, 0.29) is 5.56 Å². The van der Waals surface area contributed by atoms with Gasteiger partial charge < -0.3 is 21.0 Å². The van der Waals surface area contributed by atoms with Gasteiger partial charge in [0.1, 0.15) is 11.4 Å². The minimum Gasteiger partial charge on any atom is -0.397 e. The summed E-state index contributed by atoms with van der Waals surface area (Å²) in [6.45, 7) is 2.78. The molecule has 0 saturated carbocycles. The maximum Gasteiger partial charge on any atom is 0.261 e. The molecular weight excluding hydrogens is 302 g/mol. The molecule has 5 N–H and O–H groups in total. The monoisotopic (exact) mass is 319 g/mol. The van der Waals surface area contributed by atoms with Crippen LogP contribution in [0.3, 0.4) is 0 Å². The Labute approximate surface area is 137 Å². The molecule has 2 aromatic carbocycles. The van der Waals surface area contributed by atoms with E-state index >= 15 is 0 Å². The topological polar surface area (TPSA) is 99.6 Å². The molecule has 0 unspecified atom stereocenters. The lowest BCUT2D eigenvalue weighted by molar-refractivity contribution is 1.21. The fourth-order valence-electron chi connectivity index (χ4n) is 3.02. The third-order valence-electron chi connectivity index (χ3n) is 4.07. The van der Waals surface area contributed by atoms with Gasteiger partial charge in [-0.2, -0.15) is 0 Å². The quantitative estimate of drug-likeness (QED) is 0.466. The van der Waals surface area contributed by atoms with Gasteiger partial charge in [-0.1, -0.05) is 18.2 Å². The molecule has 2 aromatic heterocycles. The van der Waals surface area contributed by atoms with E-state index in [4.69, 9.17) is 5.73 Å². The number of hydrogen-bond acceptors (Lipinski definition) is 4. The summed E-state index contributed by atoms with van der Waals surface area (Å²) in [7, 11) is 0. The molecule has 0 atom stereocenters. The lowest BCUT2D eigenvalue weighted by Crippen LogP contribution is -2.14. The normalized spacial score (nSPS) is 11.2. The minimum atomic E-state index is -0.257. The molecular formula is C18H17N5O. The van der Waals surface area contributed by atoms with Crippen molar-refractivity contribution in [3.63, 3.8) is 0 Å². The Bertz CT molecular complexity index is 1080. The Morgan fingerprint density at radius 2 is 1.88 bits per heavy atom. The van der Waals surface area contributed by atoms with Gasteiger partial charge in [0.15, 0.2) is 0 Å². The maximum atomic E-state index is 12.6. The molecule has 120 valence electrons. The molecule has 0 amide bonds. The number of nitrogens with two attached hydrogens (primary N) is 1. The third-order valence-corrected chi connectivity index (χ3v) is 4.07. The summed E-state index contributed by atoms with van der Waals surface area (Å²) in [5.74, 6) is 0.475. The van der Waals surface area contributed by atoms with Crippen molar-refractivity contribution in [2.75, 3.05) is 17.6 Å².